The Bertz CT molecular complexity index is 1520. The molecule has 0 bridgehead atoms. The van der Waals surface area contributed by atoms with Crippen LogP contribution in [0.25, 0.3) is 22.3 Å². The summed E-state index contributed by atoms with van der Waals surface area (Å²) in [7, 11) is -7.13. The van der Waals surface area contributed by atoms with E-state index in [0.29, 0.717) is 55.3 Å². The van der Waals surface area contributed by atoms with Gasteiger partial charge in [-0.2, -0.15) is 4.31 Å². The van der Waals surface area contributed by atoms with Crippen LogP contribution in [-0.4, -0.2) is 68.6 Å². The highest BCUT2D eigenvalue weighted by molar-refractivity contribution is 7.89. The molecule has 38 heavy (non-hydrogen) atoms. The van der Waals surface area contributed by atoms with Gasteiger partial charge in [0.1, 0.15) is 5.82 Å². The quantitative estimate of drug-likeness (QED) is 0.445. The standard InChI is InChI=1S/C27H37N5O4S2/c1-6-7-18-37(33,34)32-16-14-31(15-17-32)26-21-13-12-20(2)19-23(21)28-25(29-26)22-10-8-9-11-24(22)38(35,36)30-27(3,4)5/h8-13,19,30H,6-7,14-18H2,1-5H3. The molecule has 1 aliphatic rings. The van der Waals surface area contributed by atoms with Crippen LogP contribution < -0.4 is 9.62 Å². The van der Waals surface area contributed by atoms with Gasteiger partial charge in [0, 0.05) is 42.7 Å². The van der Waals surface area contributed by atoms with E-state index in [9.17, 15) is 16.8 Å². The molecule has 0 unspecified atom stereocenters. The van der Waals surface area contributed by atoms with Gasteiger partial charge < -0.3 is 4.90 Å². The van der Waals surface area contributed by atoms with Crippen molar-refractivity contribution in [3.63, 3.8) is 0 Å². The molecular formula is C27H37N5O4S2. The van der Waals surface area contributed by atoms with Gasteiger partial charge in [-0.25, -0.2) is 31.5 Å². The Kier molecular flexibility index (Phi) is 8.13. The molecule has 0 saturated carbocycles. The number of aryl methyl sites for hydroxylation is 1. The zero-order chi connectivity index (χ0) is 27.7. The highest BCUT2D eigenvalue weighted by Crippen LogP contribution is 2.32. The lowest BCUT2D eigenvalue weighted by Gasteiger charge is -2.35. The number of hydrogen-bond acceptors (Lipinski definition) is 7. The van der Waals surface area contributed by atoms with Crippen molar-refractivity contribution in [3.8, 4) is 11.4 Å². The van der Waals surface area contributed by atoms with E-state index in [-0.39, 0.29) is 10.6 Å². The van der Waals surface area contributed by atoms with Crippen LogP contribution in [0.5, 0.6) is 0 Å². The second-order valence-electron chi connectivity index (χ2n) is 10.8. The second kappa shape index (κ2) is 10.9. The molecule has 0 amide bonds. The number of nitrogens with one attached hydrogen (secondary N) is 1. The molecule has 0 spiro atoms. The zero-order valence-electron chi connectivity index (χ0n) is 22.7. The van der Waals surface area contributed by atoms with Crippen molar-refractivity contribution in [2.24, 2.45) is 0 Å². The number of unbranched alkanes of at least 4 members (excludes halogenated alkanes) is 1. The van der Waals surface area contributed by atoms with Crippen molar-refractivity contribution in [3.05, 3.63) is 48.0 Å². The predicted molar refractivity (Wildman–Crippen MR) is 152 cm³/mol. The lowest BCUT2D eigenvalue weighted by Crippen LogP contribution is -2.49. The van der Waals surface area contributed by atoms with E-state index >= 15 is 0 Å². The van der Waals surface area contributed by atoms with E-state index in [1.54, 1.807) is 49.3 Å². The number of aromatic nitrogens is 2. The van der Waals surface area contributed by atoms with Crippen molar-refractivity contribution in [1.29, 1.82) is 0 Å². The first-order chi connectivity index (χ1) is 17.8. The van der Waals surface area contributed by atoms with Gasteiger partial charge in [-0.05, 0) is 63.9 Å². The second-order valence-corrected chi connectivity index (χ2v) is 14.5. The van der Waals surface area contributed by atoms with E-state index < -0.39 is 25.6 Å². The number of fused-ring (bicyclic) bond motifs is 1. The van der Waals surface area contributed by atoms with E-state index in [1.165, 1.54) is 0 Å². The van der Waals surface area contributed by atoms with Gasteiger partial charge in [0.05, 0.1) is 16.2 Å². The molecule has 1 aromatic heterocycles. The van der Waals surface area contributed by atoms with E-state index in [2.05, 4.69) is 9.62 Å². The Morgan fingerprint density at radius 1 is 0.947 bits per heavy atom. The molecule has 0 aliphatic carbocycles. The first kappa shape index (κ1) is 28.4. The summed E-state index contributed by atoms with van der Waals surface area (Å²) in [5.74, 6) is 1.15. The minimum absolute atomic E-state index is 0.111. The van der Waals surface area contributed by atoms with Crippen LogP contribution in [0.4, 0.5) is 5.82 Å². The van der Waals surface area contributed by atoms with Gasteiger partial charge in [-0.3, -0.25) is 0 Å². The van der Waals surface area contributed by atoms with Crippen molar-refractivity contribution in [1.82, 2.24) is 19.0 Å². The number of benzene rings is 2. The molecule has 2 aromatic carbocycles. The first-order valence-electron chi connectivity index (χ1n) is 13.0. The summed E-state index contributed by atoms with van der Waals surface area (Å²) in [6.45, 7) is 11.1. The number of piperazine rings is 1. The van der Waals surface area contributed by atoms with Gasteiger partial charge in [0.15, 0.2) is 5.82 Å². The fourth-order valence-electron chi connectivity index (χ4n) is 4.56. The summed E-state index contributed by atoms with van der Waals surface area (Å²) < 4.78 is 56.4. The lowest BCUT2D eigenvalue weighted by molar-refractivity contribution is 0.383. The summed E-state index contributed by atoms with van der Waals surface area (Å²) in [6.07, 6.45) is 1.48. The number of rotatable bonds is 8. The highest BCUT2D eigenvalue weighted by atomic mass is 32.2. The molecule has 1 N–H and O–H groups in total. The van der Waals surface area contributed by atoms with Gasteiger partial charge in [0.25, 0.3) is 0 Å². The smallest absolute Gasteiger partial charge is 0.241 e. The van der Waals surface area contributed by atoms with Crippen molar-refractivity contribution in [2.45, 2.75) is 57.9 Å². The number of hydrogen-bond donors (Lipinski definition) is 1. The Hall–Kier alpha value is -2.60. The molecule has 1 aliphatic heterocycles. The third-order valence-electron chi connectivity index (χ3n) is 6.38. The van der Waals surface area contributed by atoms with Gasteiger partial charge in [-0.1, -0.05) is 31.5 Å². The van der Waals surface area contributed by atoms with Crippen LogP contribution >= 0.6 is 0 Å². The van der Waals surface area contributed by atoms with E-state index in [1.807, 2.05) is 32.0 Å². The molecule has 9 nitrogen and oxygen atoms in total. The molecular weight excluding hydrogens is 522 g/mol. The molecule has 1 saturated heterocycles. The third kappa shape index (κ3) is 6.33. The van der Waals surface area contributed by atoms with Crippen LogP contribution in [0.2, 0.25) is 0 Å². The van der Waals surface area contributed by atoms with E-state index in [0.717, 1.165) is 17.4 Å². The maximum atomic E-state index is 13.3. The minimum Gasteiger partial charge on any atom is -0.353 e. The maximum Gasteiger partial charge on any atom is 0.241 e. The fraction of sp³-hybridized carbons (Fsp3) is 0.481. The first-order valence-corrected chi connectivity index (χ1v) is 16.0. The third-order valence-corrected chi connectivity index (χ3v) is 10.2. The summed E-state index contributed by atoms with van der Waals surface area (Å²) in [5, 5.41) is 0.842. The Morgan fingerprint density at radius 3 is 2.29 bits per heavy atom. The highest BCUT2D eigenvalue weighted by Gasteiger charge is 2.29. The summed E-state index contributed by atoms with van der Waals surface area (Å²) >= 11 is 0. The van der Waals surface area contributed by atoms with Crippen LogP contribution in [0.1, 0.15) is 46.1 Å². The molecule has 206 valence electrons. The molecule has 3 aromatic rings. The molecule has 1 fully saturated rings. The predicted octanol–water partition coefficient (Wildman–Crippen LogP) is 3.93. The van der Waals surface area contributed by atoms with Crippen LogP contribution in [-0.2, 0) is 20.0 Å². The lowest BCUT2D eigenvalue weighted by atomic mass is 10.1. The average molecular weight is 560 g/mol. The molecule has 2 heterocycles. The van der Waals surface area contributed by atoms with Gasteiger partial charge >= 0.3 is 0 Å². The molecule has 11 heteroatoms. The summed E-state index contributed by atoms with van der Waals surface area (Å²) in [4.78, 5) is 11.9. The molecule has 4 rings (SSSR count). The molecule has 0 atom stereocenters. The van der Waals surface area contributed by atoms with Crippen molar-refractivity contribution in [2.75, 3.05) is 36.8 Å². The zero-order valence-corrected chi connectivity index (χ0v) is 24.4. The number of sulfonamides is 2. The SMILES string of the molecule is CCCCS(=O)(=O)N1CCN(c2nc(-c3ccccc3S(=O)(=O)NC(C)(C)C)nc3cc(C)ccc23)CC1. The minimum atomic E-state index is -3.84. The van der Waals surface area contributed by atoms with Gasteiger partial charge in [0.2, 0.25) is 20.0 Å². The fourth-order valence-corrected chi connectivity index (χ4v) is 7.82. The monoisotopic (exact) mass is 559 g/mol. The maximum absolute atomic E-state index is 13.3. The van der Waals surface area contributed by atoms with Crippen molar-refractivity contribution >= 4 is 36.8 Å². The van der Waals surface area contributed by atoms with E-state index in [4.69, 9.17) is 9.97 Å². The Labute approximate surface area is 226 Å². The Balaban J connectivity index is 1.76. The van der Waals surface area contributed by atoms with Crippen LogP contribution in [0.3, 0.4) is 0 Å². The number of nitrogens with zero attached hydrogens (tertiary/aromatic N) is 4. The van der Waals surface area contributed by atoms with Crippen LogP contribution in [0, 0.1) is 6.92 Å². The number of anilines is 1. The average Bonchev–Trinajstić information content (AvgIpc) is 2.85. The summed E-state index contributed by atoms with van der Waals surface area (Å²) in [5.41, 5.74) is 1.49. The van der Waals surface area contributed by atoms with Crippen LogP contribution in [0.15, 0.2) is 47.4 Å². The van der Waals surface area contributed by atoms with Gasteiger partial charge in [-0.15, -0.1) is 0 Å². The largest absolute Gasteiger partial charge is 0.353 e. The normalized spacial score (nSPS) is 15.8. The Morgan fingerprint density at radius 2 is 1.63 bits per heavy atom. The topological polar surface area (TPSA) is 113 Å². The molecule has 0 radical (unpaired) electrons. The summed E-state index contributed by atoms with van der Waals surface area (Å²) in [6, 6.07) is 12.7. The van der Waals surface area contributed by atoms with Crippen molar-refractivity contribution < 1.29 is 16.8 Å².